The van der Waals surface area contributed by atoms with Crippen molar-refractivity contribution in [3.63, 3.8) is 0 Å². The first kappa shape index (κ1) is 31.7. The number of nitrogens with zero attached hydrogens (tertiary/aromatic N) is 5. The van der Waals surface area contributed by atoms with E-state index in [1.807, 2.05) is 6.07 Å². The topological polar surface area (TPSA) is 23.6 Å². The fraction of sp³-hybridized carbons (Fsp3) is 0. The van der Waals surface area contributed by atoms with Crippen LogP contribution in [-0.2, 0) is 0 Å². The van der Waals surface area contributed by atoms with Gasteiger partial charge in [-0.2, -0.15) is 0 Å². The molecule has 5 nitrogen and oxygen atoms in total. The highest BCUT2D eigenvalue weighted by molar-refractivity contribution is 6.32. The molecule has 0 fully saturated rings. The lowest BCUT2D eigenvalue weighted by atomic mass is 10.00. The maximum absolute atomic E-state index is 8.14. The Balaban J connectivity index is 1.40. The highest BCUT2D eigenvalue weighted by Crippen LogP contribution is 2.53. The lowest BCUT2D eigenvalue weighted by Gasteiger charge is -2.24. The number of aromatic nitrogens is 4. The summed E-state index contributed by atoms with van der Waals surface area (Å²) in [5.41, 5.74) is 14.1. The van der Waals surface area contributed by atoms with Crippen molar-refractivity contribution in [2.24, 2.45) is 0 Å². The summed E-state index contributed by atoms with van der Waals surface area (Å²) in [7, 11) is 0. The molecule has 14 rings (SSSR count). The van der Waals surface area contributed by atoms with E-state index in [1.54, 1.807) is 0 Å². The van der Waals surface area contributed by atoms with E-state index in [9.17, 15) is 0 Å². The summed E-state index contributed by atoms with van der Waals surface area (Å²) in [5, 5.41) is 11.8. The summed E-state index contributed by atoms with van der Waals surface area (Å²) in [6.45, 7) is 8.14. The van der Waals surface area contributed by atoms with Crippen molar-refractivity contribution in [1.29, 1.82) is 0 Å². The number of fused-ring (bicyclic) bond motifs is 15. The van der Waals surface area contributed by atoms with E-state index in [-0.39, 0.29) is 0 Å². The van der Waals surface area contributed by atoms with Crippen LogP contribution in [0.4, 0.5) is 5.69 Å². The first-order valence-corrected chi connectivity index (χ1v) is 20.4. The third-order valence-corrected chi connectivity index (χ3v) is 13.1. The minimum absolute atomic E-state index is 0.621. The van der Waals surface area contributed by atoms with Crippen molar-refractivity contribution in [1.82, 2.24) is 18.1 Å². The first-order valence-electron chi connectivity index (χ1n) is 20.4. The summed E-state index contributed by atoms with van der Waals surface area (Å²) >= 11 is 0. The van der Waals surface area contributed by atoms with Gasteiger partial charge in [0.15, 0.2) is 5.69 Å². The van der Waals surface area contributed by atoms with Crippen molar-refractivity contribution in [3.05, 3.63) is 199 Å². The molecule has 0 unspecified atom stereocenters. The van der Waals surface area contributed by atoms with E-state index in [2.05, 4.69) is 205 Å². The Morgan fingerprint density at radius 2 is 0.617 bits per heavy atom. The average Bonchev–Trinajstić information content (AvgIpc) is 4.10. The number of hydrogen-bond donors (Lipinski definition) is 0. The average molecular weight is 762 g/mol. The highest BCUT2D eigenvalue weighted by atomic mass is 15.1. The molecular weight excluding hydrogens is 731 g/mol. The van der Waals surface area contributed by atoms with Crippen molar-refractivity contribution < 1.29 is 0 Å². The van der Waals surface area contributed by atoms with Crippen molar-refractivity contribution in [3.8, 4) is 17.1 Å². The molecule has 0 radical (unpaired) electrons. The van der Waals surface area contributed by atoms with Gasteiger partial charge in [0.25, 0.3) is 0 Å². The maximum Gasteiger partial charge on any atom is 0.189 e. The van der Waals surface area contributed by atoms with Crippen LogP contribution in [0.25, 0.3) is 125 Å². The molecule has 60 heavy (non-hydrogen) atoms. The summed E-state index contributed by atoms with van der Waals surface area (Å²) in [6.07, 6.45) is 0. The Morgan fingerprint density at radius 3 is 1.00 bits per heavy atom. The fourth-order valence-corrected chi connectivity index (χ4v) is 10.8. The fourth-order valence-electron chi connectivity index (χ4n) is 10.8. The predicted octanol–water partition coefficient (Wildman–Crippen LogP) is 14.7. The zero-order valence-electron chi connectivity index (χ0n) is 32.1. The van der Waals surface area contributed by atoms with Gasteiger partial charge in [-0.1, -0.05) is 140 Å². The van der Waals surface area contributed by atoms with Gasteiger partial charge in [-0.15, -0.1) is 0 Å². The molecule has 0 aliphatic heterocycles. The molecule has 0 aliphatic carbocycles. The molecule has 0 bridgehead atoms. The van der Waals surface area contributed by atoms with E-state index >= 15 is 0 Å². The Hall–Kier alpha value is -8.33. The summed E-state index contributed by atoms with van der Waals surface area (Å²) < 4.78 is 10.1. The van der Waals surface area contributed by atoms with Crippen molar-refractivity contribution in [2.75, 3.05) is 0 Å². The van der Waals surface area contributed by atoms with Gasteiger partial charge < -0.3 is 18.1 Å². The molecule has 5 heterocycles. The monoisotopic (exact) mass is 761 g/mol. The number of benzene rings is 9. The van der Waals surface area contributed by atoms with Crippen LogP contribution in [0.1, 0.15) is 0 Å². The zero-order chi connectivity index (χ0) is 39.2. The van der Waals surface area contributed by atoms with E-state index in [4.69, 9.17) is 6.57 Å². The van der Waals surface area contributed by atoms with E-state index < -0.39 is 0 Å². The third kappa shape index (κ3) is 3.81. The Labute approximate surface area is 342 Å². The first-order chi connectivity index (χ1) is 29.8. The second kappa shape index (κ2) is 11.4. The highest BCUT2D eigenvalue weighted by Gasteiger charge is 2.33. The number of hydrogen-bond acceptors (Lipinski definition) is 0. The zero-order valence-corrected chi connectivity index (χ0v) is 32.1. The Morgan fingerprint density at radius 1 is 0.300 bits per heavy atom. The van der Waals surface area contributed by atoms with Gasteiger partial charge in [-0.25, -0.2) is 4.85 Å². The van der Waals surface area contributed by atoms with Crippen LogP contribution in [0, 0.1) is 6.57 Å². The largest absolute Gasteiger partial charge is 0.309 e. The predicted molar refractivity (Wildman–Crippen MR) is 250 cm³/mol. The minimum Gasteiger partial charge on any atom is -0.309 e. The molecular formula is C55H31N5. The third-order valence-electron chi connectivity index (χ3n) is 13.1. The molecule has 0 amide bonds. The smallest absolute Gasteiger partial charge is 0.189 e. The van der Waals surface area contributed by atoms with Gasteiger partial charge in [0.2, 0.25) is 0 Å². The molecule has 0 aliphatic rings. The number of rotatable bonds is 3. The molecule has 9 aromatic carbocycles. The molecule has 5 aromatic heterocycles. The van der Waals surface area contributed by atoms with Crippen LogP contribution in [0.2, 0.25) is 0 Å². The molecule has 276 valence electrons. The van der Waals surface area contributed by atoms with E-state index in [1.165, 1.54) is 43.1 Å². The van der Waals surface area contributed by atoms with E-state index in [0.29, 0.717) is 5.69 Å². The second-order valence-corrected chi connectivity index (χ2v) is 15.9. The van der Waals surface area contributed by atoms with Crippen LogP contribution in [0.5, 0.6) is 0 Å². The summed E-state index contributed by atoms with van der Waals surface area (Å²) in [4.78, 5) is 3.97. The number of para-hydroxylation sites is 7. The van der Waals surface area contributed by atoms with Gasteiger partial charge in [-0.3, -0.25) is 0 Å². The summed E-state index contributed by atoms with van der Waals surface area (Å²) in [6, 6.07) is 68.2. The molecule has 0 N–H and O–H groups in total. The second-order valence-electron chi connectivity index (χ2n) is 15.9. The molecule has 5 heteroatoms. The van der Waals surface area contributed by atoms with Crippen LogP contribution in [0.3, 0.4) is 0 Å². The Kier molecular flexibility index (Phi) is 6.03. The molecule has 14 aromatic rings. The van der Waals surface area contributed by atoms with E-state index in [0.717, 1.165) is 77.5 Å². The van der Waals surface area contributed by atoms with Gasteiger partial charge >= 0.3 is 0 Å². The van der Waals surface area contributed by atoms with Crippen molar-refractivity contribution in [2.45, 2.75) is 0 Å². The van der Waals surface area contributed by atoms with Gasteiger partial charge in [-0.05, 0) is 48.5 Å². The van der Waals surface area contributed by atoms with Gasteiger partial charge in [0.1, 0.15) is 0 Å². The van der Waals surface area contributed by atoms with Gasteiger partial charge in [0, 0.05) is 59.4 Å². The van der Waals surface area contributed by atoms with Crippen LogP contribution >= 0.6 is 0 Å². The normalized spacial score (nSPS) is 12.3. The minimum atomic E-state index is 0.621. The maximum atomic E-state index is 8.14. The van der Waals surface area contributed by atoms with Crippen LogP contribution < -0.4 is 0 Å². The summed E-state index contributed by atoms with van der Waals surface area (Å²) in [5.74, 6) is 0. The lowest BCUT2D eigenvalue weighted by molar-refractivity contribution is 1.07. The molecule has 0 spiro atoms. The molecule has 0 saturated heterocycles. The standard InChI is InChI=1S/C55H31N5/c1-56-33-30-31-41-49(32-33)60-48-29-15-8-22-40(48)50-52(60)51(41)54(58-44-25-11-4-18-36(44)37-19-5-12-26-45(37)58)55(59-46-27-13-6-20-38(46)39-21-7-14-28-47(39)59)53(50)57-42-23-9-2-16-34(42)35-17-3-10-24-43(35)57/h2-32H. The molecule has 0 atom stereocenters. The quantitative estimate of drug-likeness (QED) is 0.160. The Bertz CT molecular complexity index is 4040. The van der Waals surface area contributed by atoms with Crippen molar-refractivity contribution >= 4 is 109 Å². The van der Waals surface area contributed by atoms with Crippen LogP contribution in [-0.4, -0.2) is 18.1 Å². The van der Waals surface area contributed by atoms with Crippen LogP contribution in [0.15, 0.2) is 188 Å². The molecule has 0 saturated carbocycles. The van der Waals surface area contributed by atoms with Gasteiger partial charge in [0.05, 0.1) is 67.8 Å². The lowest BCUT2D eigenvalue weighted by Crippen LogP contribution is -2.10. The SMILES string of the molecule is [C-]#[N+]c1ccc2c3c(-n4c5ccccc5c5ccccc54)c(-n4c5ccccc5c5ccccc54)c(-n4c5ccccc5c5ccccc54)c4c5ccccc5n(c2c1)c43.